The van der Waals surface area contributed by atoms with Crippen molar-refractivity contribution in [3.05, 3.63) is 52.5 Å². The molecule has 0 amide bonds. The van der Waals surface area contributed by atoms with Gasteiger partial charge in [-0.3, -0.25) is 0 Å². The molecule has 1 aromatic heterocycles. The van der Waals surface area contributed by atoms with Gasteiger partial charge in [-0.25, -0.2) is 9.37 Å². The third kappa shape index (κ3) is 3.09. The number of nitrogens with one attached hydrogen (secondary N) is 2. The molecule has 1 aliphatic heterocycles. The number of halogens is 2. The zero-order chi connectivity index (χ0) is 15.5. The van der Waals surface area contributed by atoms with Crippen LogP contribution < -0.4 is 10.6 Å². The van der Waals surface area contributed by atoms with Gasteiger partial charge < -0.3 is 10.6 Å². The number of pyridine rings is 1. The zero-order valence-electron chi connectivity index (χ0n) is 12.0. The van der Waals surface area contributed by atoms with Crippen LogP contribution in [0.3, 0.4) is 0 Å². The van der Waals surface area contributed by atoms with E-state index < -0.39 is 0 Å². The fourth-order valence-corrected chi connectivity index (χ4v) is 4.30. The Labute approximate surface area is 138 Å². The second-order valence-electron chi connectivity index (χ2n) is 4.95. The lowest BCUT2D eigenvalue weighted by Gasteiger charge is -2.17. The normalized spacial score (nSPS) is 12.6. The first-order chi connectivity index (χ1) is 10.7. The lowest BCUT2D eigenvalue weighted by atomic mass is 10.1. The number of nitrogens with zero attached hydrogens (tertiary/aromatic N) is 2. The largest absolute Gasteiger partial charge is 0.376 e. The first kappa shape index (κ1) is 14.9. The molecule has 2 aromatic rings. The number of nitriles is 1. The summed E-state index contributed by atoms with van der Waals surface area (Å²) in [4.78, 5) is 4.21. The predicted molar refractivity (Wildman–Crippen MR) is 95.1 cm³/mol. The van der Waals surface area contributed by atoms with E-state index in [4.69, 9.17) is 5.26 Å². The van der Waals surface area contributed by atoms with Crippen LogP contribution in [0.4, 0.5) is 15.9 Å². The Hall–Kier alpha value is -2.01. The van der Waals surface area contributed by atoms with Crippen LogP contribution in [0.5, 0.6) is 0 Å². The molecule has 1 aliphatic rings. The van der Waals surface area contributed by atoms with Gasteiger partial charge in [0.25, 0.3) is 0 Å². The Bertz CT molecular complexity index is 795. The van der Waals surface area contributed by atoms with E-state index in [1.165, 1.54) is 0 Å². The predicted octanol–water partition coefficient (Wildman–Crippen LogP) is 3.52. The summed E-state index contributed by atoms with van der Waals surface area (Å²) < 4.78 is 16.9. The molecule has 112 valence electrons. The summed E-state index contributed by atoms with van der Waals surface area (Å²) in [5.74, 6) is 0.452. The first-order valence-electron chi connectivity index (χ1n) is 6.75. The molecular weight excluding hydrogens is 394 g/mol. The number of hydrogen-bond donors (Lipinski definition) is 2. The fraction of sp³-hybridized carbons (Fsp3) is 0.188. The fourth-order valence-electron chi connectivity index (χ4n) is 2.28. The van der Waals surface area contributed by atoms with E-state index in [1.54, 1.807) is 18.3 Å². The topological polar surface area (TPSA) is 60.7 Å². The van der Waals surface area contributed by atoms with Gasteiger partial charge in [-0.2, -0.15) is 5.26 Å². The molecule has 0 unspecified atom stereocenters. The number of aromatic nitrogens is 1. The molecule has 1 aromatic carbocycles. The van der Waals surface area contributed by atoms with Crippen LogP contribution in [0.25, 0.3) is 0 Å². The van der Waals surface area contributed by atoms with E-state index in [9.17, 15) is 4.39 Å². The number of aryl methyl sites for hydroxylation is 1. The van der Waals surface area contributed by atoms with E-state index in [2.05, 4.69) is 25.7 Å². The third-order valence-corrected chi connectivity index (χ3v) is 5.33. The average molecular weight is 408 g/mol. The van der Waals surface area contributed by atoms with Crippen molar-refractivity contribution in [1.29, 1.82) is 5.26 Å². The lowest BCUT2D eigenvalue weighted by Crippen LogP contribution is -2.10. The molecule has 2 N–H and O–H groups in total. The molecule has 3 rings (SSSR count). The van der Waals surface area contributed by atoms with E-state index >= 15 is 0 Å². The maximum absolute atomic E-state index is 13.7. The van der Waals surface area contributed by atoms with Crippen molar-refractivity contribution in [2.45, 2.75) is 13.5 Å². The molecule has 0 radical (unpaired) electrons. The number of benzene rings is 1. The van der Waals surface area contributed by atoms with Crippen LogP contribution in [-0.4, -0.2) is 13.5 Å². The summed E-state index contributed by atoms with van der Waals surface area (Å²) in [6, 6.07) is 7.04. The molecule has 6 heteroatoms. The maximum atomic E-state index is 13.7. The molecule has 2 heterocycles. The van der Waals surface area contributed by atoms with Crippen molar-refractivity contribution in [2.24, 2.45) is 0 Å². The van der Waals surface area contributed by atoms with Gasteiger partial charge >= 0.3 is 0 Å². The van der Waals surface area contributed by atoms with Gasteiger partial charge in [0, 0.05) is 24.0 Å². The third-order valence-electron chi connectivity index (χ3n) is 3.44. The van der Waals surface area contributed by atoms with Gasteiger partial charge in [0.15, 0.2) is 0 Å². The molecule has 22 heavy (non-hydrogen) atoms. The minimum Gasteiger partial charge on any atom is -0.376 e. The summed E-state index contributed by atoms with van der Waals surface area (Å²) in [6.07, 6.45) is 1.55. The number of anilines is 2. The van der Waals surface area contributed by atoms with Gasteiger partial charge in [0.1, 0.15) is 17.7 Å². The smallest absolute Gasteiger partial charge is 0.126 e. The highest BCUT2D eigenvalue weighted by Crippen LogP contribution is 2.26. The summed E-state index contributed by atoms with van der Waals surface area (Å²) in [5, 5.41) is 15.4. The molecular formula is C16H14FIN4. The summed E-state index contributed by atoms with van der Waals surface area (Å²) in [6.45, 7) is 2.37. The summed E-state index contributed by atoms with van der Waals surface area (Å²) in [5.41, 5.74) is 4.33. The standard InChI is InChI=1S/C16H14FIN4/c1-10-2-16(21-8-12(10)6-19)20-7-11-3-13(17)4-15-14(11)5-18-9-22-15/h2-5,8,22H,7,9H2,1H3,(H,20,21). The minimum atomic E-state index is -0.236. The van der Waals surface area contributed by atoms with Crippen molar-refractivity contribution >= 4 is 36.2 Å². The van der Waals surface area contributed by atoms with Crippen LogP contribution in [0, 0.1) is 24.1 Å². The lowest BCUT2D eigenvalue weighted by molar-refractivity contribution is 0.626. The van der Waals surface area contributed by atoms with E-state index in [1.807, 2.05) is 13.0 Å². The van der Waals surface area contributed by atoms with Gasteiger partial charge in [-0.1, -0.05) is 0 Å². The van der Waals surface area contributed by atoms with Crippen molar-refractivity contribution < 1.29 is 4.39 Å². The Morgan fingerprint density at radius 3 is 3.09 bits per heavy atom. The van der Waals surface area contributed by atoms with E-state index in [0.29, 0.717) is 17.9 Å². The molecule has 0 spiro atoms. The molecule has 0 atom stereocenters. The van der Waals surface area contributed by atoms with Crippen molar-refractivity contribution in [2.75, 3.05) is 15.2 Å². The molecule has 0 aliphatic carbocycles. The Morgan fingerprint density at radius 2 is 2.32 bits per heavy atom. The Morgan fingerprint density at radius 1 is 1.45 bits per heavy atom. The molecule has 0 saturated carbocycles. The van der Waals surface area contributed by atoms with Gasteiger partial charge in [-0.05, 0) is 40.3 Å². The first-order valence-corrected chi connectivity index (χ1v) is 9.52. The van der Waals surface area contributed by atoms with Crippen LogP contribution in [0.2, 0.25) is 0 Å². The van der Waals surface area contributed by atoms with Crippen molar-refractivity contribution in [1.82, 2.24) is 4.98 Å². The SMILES string of the molecule is Cc1cc(NCc2cc(F)cc3c2C=ICN3)ncc1C#N. The zero-order valence-corrected chi connectivity index (χ0v) is 14.1. The number of alkyl halides is 1. The maximum Gasteiger partial charge on any atom is 0.126 e. The monoisotopic (exact) mass is 408 g/mol. The number of rotatable bonds is 3. The molecule has 0 saturated heterocycles. The van der Waals surface area contributed by atoms with Crippen LogP contribution in [0.1, 0.15) is 22.3 Å². The van der Waals surface area contributed by atoms with Gasteiger partial charge in [0.2, 0.25) is 0 Å². The summed E-state index contributed by atoms with van der Waals surface area (Å²) >= 11 is -0.0177. The quantitative estimate of drug-likeness (QED) is 0.464. The Balaban J connectivity index is 1.83. The van der Waals surface area contributed by atoms with Crippen LogP contribution in [-0.2, 0) is 6.54 Å². The Kier molecular flexibility index (Phi) is 4.34. The highest BCUT2D eigenvalue weighted by atomic mass is 127. The molecule has 4 nitrogen and oxygen atoms in total. The second-order valence-corrected chi connectivity index (χ2v) is 7.22. The second kappa shape index (κ2) is 6.40. The van der Waals surface area contributed by atoms with Crippen LogP contribution >= 0.6 is 20.7 Å². The molecule has 0 bridgehead atoms. The van der Waals surface area contributed by atoms with Gasteiger partial charge in [0.05, 0.1) is 10.1 Å². The highest BCUT2D eigenvalue weighted by Gasteiger charge is 2.12. The molecule has 0 fully saturated rings. The van der Waals surface area contributed by atoms with Crippen molar-refractivity contribution in [3.63, 3.8) is 0 Å². The minimum absolute atomic E-state index is 0.0177. The van der Waals surface area contributed by atoms with Crippen LogP contribution in [0.15, 0.2) is 24.4 Å². The van der Waals surface area contributed by atoms with E-state index in [0.717, 1.165) is 26.9 Å². The number of hydrogen-bond acceptors (Lipinski definition) is 4. The highest BCUT2D eigenvalue weighted by molar-refractivity contribution is 14.2. The van der Waals surface area contributed by atoms with E-state index in [-0.39, 0.29) is 26.5 Å². The summed E-state index contributed by atoms with van der Waals surface area (Å²) in [7, 11) is 0. The average Bonchev–Trinajstić information content (AvgIpc) is 2.52. The number of fused-ring (bicyclic) bond motifs is 1. The van der Waals surface area contributed by atoms with Crippen molar-refractivity contribution in [3.8, 4) is 6.07 Å². The van der Waals surface area contributed by atoms with Gasteiger partial charge in [-0.15, -0.1) is 20.7 Å².